The van der Waals surface area contributed by atoms with Gasteiger partial charge in [0.1, 0.15) is 11.2 Å². The smallest absolute Gasteiger partial charge is 0.119 e. The highest BCUT2D eigenvalue weighted by Crippen LogP contribution is 2.49. The molecule has 0 spiro atoms. The molecule has 0 radical (unpaired) electrons. The van der Waals surface area contributed by atoms with Crippen LogP contribution in [0.25, 0.3) is 21.9 Å². The highest BCUT2D eigenvalue weighted by Gasteiger charge is 2.50. The van der Waals surface area contributed by atoms with E-state index in [1.165, 1.54) is 0 Å². The van der Waals surface area contributed by atoms with Crippen molar-refractivity contribution >= 4 is 21.9 Å². The summed E-state index contributed by atoms with van der Waals surface area (Å²) in [5.74, 6) is 0. The van der Waals surface area contributed by atoms with Gasteiger partial charge >= 0.3 is 0 Å². The fourth-order valence-electron chi connectivity index (χ4n) is 2.85. The first-order chi connectivity index (χ1) is 9.26. The normalized spacial score (nSPS) is 29.6. The molecule has 0 saturated carbocycles. The van der Waals surface area contributed by atoms with Crippen molar-refractivity contribution in [2.75, 3.05) is 0 Å². The van der Waals surface area contributed by atoms with E-state index in [0.29, 0.717) is 11.1 Å². The van der Waals surface area contributed by atoms with Crippen LogP contribution in [-0.4, -0.2) is 21.4 Å². The van der Waals surface area contributed by atoms with Crippen LogP contribution >= 0.6 is 0 Å². The van der Waals surface area contributed by atoms with Crippen molar-refractivity contribution in [1.29, 1.82) is 0 Å². The molecule has 2 N–H and O–H groups in total. The topological polar surface area (TPSA) is 40.5 Å². The third-order valence-corrected chi connectivity index (χ3v) is 4.66. The molecule has 0 saturated heterocycles. The molecule has 0 amide bonds. The lowest BCUT2D eigenvalue weighted by molar-refractivity contribution is -0.0558. The van der Waals surface area contributed by atoms with Gasteiger partial charge in [-0.1, -0.05) is 37.4 Å². The lowest BCUT2D eigenvalue weighted by atomic mass is 9.66. The van der Waals surface area contributed by atoms with E-state index < -0.39 is 11.2 Å². The second-order valence-corrected chi connectivity index (χ2v) is 5.85. The minimum Gasteiger partial charge on any atom is -0.382 e. The molecule has 0 aromatic heterocycles. The second-order valence-electron chi connectivity index (χ2n) is 5.85. The summed E-state index contributed by atoms with van der Waals surface area (Å²) in [4.78, 5) is 0. The number of hydrogen-bond acceptors (Lipinski definition) is 2. The van der Waals surface area contributed by atoms with Gasteiger partial charge in [-0.25, -0.2) is 0 Å². The van der Waals surface area contributed by atoms with Crippen molar-refractivity contribution in [2.24, 2.45) is 0 Å². The van der Waals surface area contributed by atoms with Gasteiger partial charge in [-0.05, 0) is 59.0 Å². The molecule has 1 aliphatic carbocycles. The van der Waals surface area contributed by atoms with E-state index in [4.69, 9.17) is 0 Å². The molecule has 0 unspecified atom stereocenters. The molecule has 20 heavy (non-hydrogen) atoms. The van der Waals surface area contributed by atoms with Gasteiger partial charge in [-0.15, -0.1) is 0 Å². The van der Waals surface area contributed by atoms with Crippen molar-refractivity contribution in [1.82, 2.24) is 0 Å². The molecule has 3 rings (SSSR count). The van der Waals surface area contributed by atoms with Crippen molar-refractivity contribution < 1.29 is 10.2 Å². The predicted molar refractivity (Wildman–Crippen MR) is 83.3 cm³/mol. The van der Waals surface area contributed by atoms with Crippen LogP contribution < -0.4 is 0 Å². The van der Waals surface area contributed by atoms with Crippen molar-refractivity contribution in [2.45, 2.75) is 25.0 Å². The van der Waals surface area contributed by atoms with Crippen LogP contribution in [0, 0.1) is 0 Å². The number of benzene rings is 2. The lowest BCUT2D eigenvalue weighted by Crippen LogP contribution is -2.53. The number of hydrogen-bond donors (Lipinski definition) is 2. The maximum atomic E-state index is 10.6. The molecule has 2 heteroatoms. The summed E-state index contributed by atoms with van der Waals surface area (Å²) in [6.07, 6.45) is 0. The van der Waals surface area contributed by atoms with Crippen LogP contribution in [0.3, 0.4) is 0 Å². The Labute approximate surface area is 118 Å². The maximum Gasteiger partial charge on any atom is 0.119 e. The third kappa shape index (κ3) is 1.46. The first-order valence-corrected chi connectivity index (χ1v) is 6.64. The molecule has 0 heterocycles. The summed E-state index contributed by atoms with van der Waals surface area (Å²) in [6, 6.07) is 12.0. The SMILES string of the molecule is C=C1c2cc3ccccc3cc2C(=C)[C@@](C)(O)[C@@]1(C)O. The third-order valence-electron chi connectivity index (χ3n) is 4.66. The van der Waals surface area contributed by atoms with Gasteiger partial charge in [-0.2, -0.15) is 0 Å². The molecule has 1 aliphatic rings. The minimum atomic E-state index is -1.43. The summed E-state index contributed by atoms with van der Waals surface area (Å²) >= 11 is 0. The average molecular weight is 266 g/mol. The Hall–Kier alpha value is -1.90. The zero-order chi connectivity index (χ0) is 14.7. The summed E-state index contributed by atoms with van der Waals surface area (Å²) in [5, 5.41) is 23.5. The molecule has 2 nitrogen and oxygen atoms in total. The van der Waals surface area contributed by atoms with E-state index >= 15 is 0 Å². The van der Waals surface area contributed by atoms with Gasteiger partial charge in [0.2, 0.25) is 0 Å². The average Bonchev–Trinajstić information content (AvgIpc) is 2.42. The predicted octanol–water partition coefficient (Wildman–Crippen LogP) is 3.38. The first kappa shape index (κ1) is 13.1. The summed E-state index contributed by atoms with van der Waals surface area (Å²) < 4.78 is 0. The zero-order valence-electron chi connectivity index (χ0n) is 11.8. The maximum absolute atomic E-state index is 10.6. The molecule has 2 atom stereocenters. The molecule has 0 aliphatic heterocycles. The standard InChI is InChI=1S/C18H18O2/c1-11-15-9-13-7-5-6-8-14(13)10-16(15)12(2)18(4,20)17(11,3)19/h5-10,19-20H,1-2H2,3-4H3/t17-,18+. The Kier molecular flexibility index (Phi) is 2.50. The quantitative estimate of drug-likeness (QED) is 0.767. The Morgan fingerprint density at radius 2 is 1.15 bits per heavy atom. The van der Waals surface area contributed by atoms with Crippen LogP contribution in [0.15, 0.2) is 49.6 Å². The fraction of sp³-hybridized carbons (Fsp3) is 0.222. The number of aliphatic hydroxyl groups is 2. The molecule has 102 valence electrons. The van der Waals surface area contributed by atoms with Crippen LogP contribution in [0.5, 0.6) is 0 Å². The molecular formula is C18H18O2. The Morgan fingerprint density at radius 3 is 1.50 bits per heavy atom. The molecular weight excluding hydrogens is 248 g/mol. The van der Waals surface area contributed by atoms with E-state index in [0.717, 1.165) is 21.9 Å². The van der Waals surface area contributed by atoms with Gasteiger partial charge in [0, 0.05) is 0 Å². The summed E-state index contributed by atoms with van der Waals surface area (Å²) in [5.41, 5.74) is -0.110. The van der Waals surface area contributed by atoms with E-state index in [9.17, 15) is 10.2 Å². The van der Waals surface area contributed by atoms with E-state index in [2.05, 4.69) is 13.2 Å². The van der Waals surface area contributed by atoms with E-state index in [1.54, 1.807) is 13.8 Å². The Morgan fingerprint density at radius 1 is 0.800 bits per heavy atom. The van der Waals surface area contributed by atoms with Gasteiger partial charge in [0.25, 0.3) is 0 Å². The van der Waals surface area contributed by atoms with Crippen LogP contribution in [0.2, 0.25) is 0 Å². The zero-order valence-corrected chi connectivity index (χ0v) is 11.8. The minimum absolute atomic E-state index is 0.524. The Bertz CT molecular complexity index is 687. The lowest BCUT2D eigenvalue weighted by Gasteiger charge is -2.46. The van der Waals surface area contributed by atoms with Crippen LogP contribution in [-0.2, 0) is 0 Å². The van der Waals surface area contributed by atoms with Gasteiger partial charge in [0.15, 0.2) is 0 Å². The second kappa shape index (κ2) is 3.81. The van der Waals surface area contributed by atoms with Crippen molar-refractivity contribution in [3.63, 3.8) is 0 Å². The molecule has 2 aromatic carbocycles. The highest BCUT2D eigenvalue weighted by molar-refractivity contribution is 5.98. The summed E-state index contributed by atoms with van der Waals surface area (Å²) in [7, 11) is 0. The van der Waals surface area contributed by atoms with Gasteiger partial charge < -0.3 is 10.2 Å². The molecule has 0 bridgehead atoms. The van der Waals surface area contributed by atoms with Gasteiger partial charge in [-0.3, -0.25) is 0 Å². The summed E-state index contributed by atoms with van der Waals surface area (Å²) in [6.45, 7) is 11.2. The monoisotopic (exact) mass is 266 g/mol. The fourth-order valence-corrected chi connectivity index (χ4v) is 2.85. The highest BCUT2D eigenvalue weighted by atomic mass is 16.4. The van der Waals surface area contributed by atoms with Crippen molar-refractivity contribution in [3.05, 3.63) is 60.7 Å². The molecule has 0 fully saturated rings. The van der Waals surface area contributed by atoms with Crippen molar-refractivity contribution in [3.8, 4) is 0 Å². The number of rotatable bonds is 0. The first-order valence-electron chi connectivity index (χ1n) is 6.64. The van der Waals surface area contributed by atoms with Gasteiger partial charge in [0.05, 0.1) is 0 Å². The molecule has 2 aromatic rings. The number of fused-ring (bicyclic) bond motifs is 2. The van der Waals surface area contributed by atoms with Crippen LogP contribution in [0.4, 0.5) is 0 Å². The van der Waals surface area contributed by atoms with E-state index in [1.807, 2.05) is 36.4 Å². The van der Waals surface area contributed by atoms with E-state index in [-0.39, 0.29) is 0 Å². The largest absolute Gasteiger partial charge is 0.382 e. The Balaban J connectivity index is 2.38. The van der Waals surface area contributed by atoms with Crippen LogP contribution in [0.1, 0.15) is 25.0 Å².